The number of aliphatic hydroxyl groups excluding tert-OH is 1. The first-order valence-electron chi connectivity index (χ1n) is 7.23. The van der Waals surface area contributed by atoms with E-state index in [2.05, 4.69) is 32.8 Å². The van der Waals surface area contributed by atoms with Crippen LogP contribution >= 0.6 is 11.6 Å². The Morgan fingerprint density at radius 2 is 1.95 bits per heavy atom. The Kier molecular flexibility index (Phi) is 4.26. The van der Waals surface area contributed by atoms with Gasteiger partial charge in [-0.25, -0.2) is 0 Å². The van der Waals surface area contributed by atoms with Crippen LogP contribution in [-0.4, -0.2) is 14.9 Å². The minimum atomic E-state index is -0.492. The number of aromatic nitrogens is 2. The summed E-state index contributed by atoms with van der Waals surface area (Å²) in [7, 11) is 0. The summed E-state index contributed by atoms with van der Waals surface area (Å²) in [5, 5.41) is 15.5. The molecule has 1 saturated carbocycles. The lowest BCUT2D eigenvalue weighted by Gasteiger charge is -2.36. The van der Waals surface area contributed by atoms with Crippen molar-refractivity contribution < 1.29 is 5.11 Å². The second-order valence-corrected chi connectivity index (χ2v) is 7.27. The molecule has 1 heterocycles. The summed E-state index contributed by atoms with van der Waals surface area (Å²) in [4.78, 5) is 0. The third-order valence-corrected chi connectivity index (χ3v) is 4.68. The Labute approximate surface area is 121 Å². The molecule has 1 aliphatic rings. The van der Waals surface area contributed by atoms with Crippen molar-refractivity contribution in [2.45, 2.75) is 65.5 Å². The van der Waals surface area contributed by atoms with Gasteiger partial charge in [-0.3, -0.25) is 4.68 Å². The van der Waals surface area contributed by atoms with Crippen LogP contribution in [0.25, 0.3) is 0 Å². The zero-order valence-corrected chi connectivity index (χ0v) is 13.1. The molecule has 0 amide bonds. The zero-order chi connectivity index (χ0) is 14.2. The fourth-order valence-electron chi connectivity index (χ4n) is 3.00. The van der Waals surface area contributed by atoms with Gasteiger partial charge >= 0.3 is 0 Å². The Bertz CT molecular complexity index is 429. The highest BCUT2D eigenvalue weighted by Gasteiger charge is 2.33. The molecule has 1 N–H and O–H groups in total. The number of rotatable bonds is 3. The van der Waals surface area contributed by atoms with E-state index in [0.29, 0.717) is 16.4 Å². The molecule has 4 heteroatoms. The van der Waals surface area contributed by atoms with E-state index in [1.54, 1.807) is 6.20 Å². The topological polar surface area (TPSA) is 38.0 Å². The highest BCUT2D eigenvalue weighted by molar-refractivity contribution is 6.31. The minimum absolute atomic E-state index is 0.220. The molecule has 0 aliphatic heterocycles. The van der Waals surface area contributed by atoms with Gasteiger partial charge in [0.25, 0.3) is 0 Å². The molecule has 19 heavy (non-hydrogen) atoms. The van der Waals surface area contributed by atoms with E-state index in [-0.39, 0.29) is 6.04 Å². The third kappa shape index (κ3) is 3.14. The van der Waals surface area contributed by atoms with E-state index in [1.165, 1.54) is 12.8 Å². The van der Waals surface area contributed by atoms with Gasteiger partial charge in [0.05, 0.1) is 23.0 Å². The van der Waals surface area contributed by atoms with Crippen molar-refractivity contribution in [1.29, 1.82) is 0 Å². The quantitative estimate of drug-likeness (QED) is 0.895. The van der Waals surface area contributed by atoms with Gasteiger partial charge in [-0.1, -0.05) is 25.4 Å². The molecule has 0 spiro atoms. The Morgan fingerprint density at radius 1 is 1.37 bits per heavy atom. The highest BCUT2D eigenvalue weighted by Crippen LogP contribution is 2.43. The molecule has 0 aromatic carbocycles. The lowest BCUT2D eigenvalue weighted by molar-refractivity contribution is 0.0498. The summed E-state index contributed by atoms with van der Waals surface area (Å²) in [5.41, 5.74) is 1.21. The standard InChI is InChI=1S/C15H25ClN2O/c1-10(2)18-13(12(16)9-17-18)14(19)11-5-7-15(3,4)8-6-11/h9-11,14,19H,5-8H2,1-4H3. The highest BCUT2D eigenvalue weighted by atomic mass is 35.5. The minimum Gasteiger partial charge on any atom is -0.386 e. The lowest BCUT2D eigenvalue weighted by Crippen LogP contribution is -2.26. The predicted octanol–water partition coefficient (Wildman–Crippen LogP) is 4.37. The lowest BCUT2D eigenvalue weighted by atomic mass is 9.71. The first-order chi connectivity index (χ1) is 8.82. The van der Waals surface area contributed by atoms with Gasteiger partial charge < -0.3 is 5.11 Å². The number of halogens is 1. The van der Waals surface area contributed by atoms with Crippen LogP contribution in [-0.2, 0) is 0 Å². The van der Waals surface area contributed by atoms with Crippen LogP contribution in [0.3, 0.4) is 0 Å². The molecule has 1 unspecified atom stereocenters. The Morgan fingerprint density at radius 3 is 2.47 bits per heavy atom. The molecule has 0 bridgehead atoms. The molecular weight excluding hydrogens is 260 g/mol. The van der Waals surface area contributed by atoms with Crippen molar-refractivity contribution in [2.24, 2.45) is 11.3 Å². The van der Waals surface area contributed by atoms with Crippen LogP contribution in [0, 0.1) is 11.3 Å². The van der Waals surface area contributed by atoms with Gasteiger partial charge in [0, 0.05) is 6.04 Å². The molecular formula is C15H25ClN2O. The van der Waals surface area contributed by atoms with Crippen LogP contribution in [0.5, 0.6) is 0 Å². The zero-order valence-electron chi connectivity index (χ0n) is 12.4. The first kappa shape index (κ1) is 14.9. The molecule has 1 aliphatic carbocycles. The van der Waals surface area contributed by atoms with Crippen LogP contribution < -0.4 is 0 Å². The van der Waals surface area contributed by atoms with Crippen molar-refractivity contribution in [2.75, 3.05) is 0 Å². The smallest absolute Gasteiger partial charge is 0.0999 e. The van der Waals surface area contributed by atoms with Gasteiger partial charge in [-0.2, -0.15) is 5.10 Å². The second kappa shape index (κ2) is 5.45. The molecule has 3 nitrogen and oxygen atoms in total. The van der Waals surface area contributed by atoms with Gasteiger partial charge in [0.15, 0.2) is 0 Å². The third-order valence-electron chi connectivity index (χ3n) is 4.39. The van der Waals surface area contributed by atoms with Crippen molar-refractivity contribution in [3.63, 3.8) is 0 Å². The van der Waals surface area contributed by atoms with Gasteiger partial charge in [-0.05, 0) is 50.9 Å². The summed E-state index contributed by atoms with van der Waals surface area (Å²) in [6.07, 6.45) is 5.62. The summed E-state index contributed by atoms with van der Waals surface area (Å²) in [5.74, 6) is 0.305. The average Bonchev–Trinajstić information content (AvgIpc) is 2.70. The molecule has 1 aromatic heterocycles. The first-order valence-corrected chi connectivity index (χ1v) is 7.60. The normalized spacial score (nSPS) is 21.8. The monoisotopic (exact) mass is 284 g/mol. The largest absolute Gasteiger partial charge is 0.386 e. The van der Waals surface area contributed by atoms with E-state index in [1.807, 2.05) is 4.68 Å². The van der Waals surface area contributed by atoms with Crippen LogP contribution in [0.1, 0.15) is 71.2 Å². The van der Waals surface area contributed by atoms with Crippen LogP contribution in [0.15, 0.2) is 6.20 Å². The summed E-state index contributed by atoms with van der Waals surface area (Å²) in [6, 6.07) is 0.220. The van der Waals surface area contributed by atoms with Crippen molar-refractivity contribution >= 4 is 11.6 Å². The molecule has 2 rings (SSSR count). The SMILES string of the molecule is CC(C)n1ncc(Cl)c1C(O)C1CCC(C)(C)CC1. The van der Waals surface area contributed by atoms with E-state index in [4.69, 9.17) is 11.6 Å². The van der Waals surface area contributed by atoms with Crippen molar-refractivity contribution in [3.05, 3.63) is 16.9 Å². The number of aliphatic hydroxyl groups is 1. The maximum atomic E-state index is 10.7. The van der Waals surface area contributed by atoms with Gasteiger partial charge in [-0.15, -0.1) is 0 Å². The number of hydrogen-bond acceptors (Lipinski definition) is 2. The van der Waals surface area contributed by atoms with E-state index in [9.17, 15) is 5.11 Å². The Hall–Kier alpha value is -0.540. The molecule has 0 radical (unpaired) electrons. The fraction of sp³-hybridized carbons (Fsp3) is 0.800. The number of nitrogens with zero attached hydrogens (tertiary/aromatic N) is 2. The van der Waals surface area contributed by atoms with Crippen molar-refractivity contribution in [3.8, 4) is 0 Å². The predicted molar refractivity (Wildman–Crippen MR) is 78.3 cm³/mol. The van der Waals surface area contributed by atoms with Gasteiger partial charge in [0.2, 0.25) is 0 Å². The Balaban J connectivity index is 2.16. The number of hydrogen-bond donors (Lipinski definition) is 1. The summed E-state index contributed by atoms with van der Waals surface area (Å²) < 4.78 is 1.85. The van der Waals surface area contributed by atoms with E-state index < -0.39 is 6.10 Å². The molecule has 1 fully saturated rings. The molecule has 0 saturated heterocycles. The van der Waals surface area contributed by atoms with E-state index >= 15 is 0 Å². The maximum Gasteiger partial charge on any atom is 0.0999 e. The summed E-state index contributed by atoms with van der Waals surface area (Å²) in [6.45, 7) is 8.73. The van der Waals surface area contributed by atoms with E-state index in [0.717, 1.165) is 18.5 Å². The van der Waals surface area contributed by atoms with Gasteiger partial charge in [0.1, 0.15) is 0 Å². The molecule has 1 atom stereocenters. The second-order valence-electron chi connectivity index (χ2n) is 6.86. The van der Waals surface area contributed by atoms with Crippen LogP contribution in [0.2, 0.25) is 5.02 Å². The van der Waals surface area contributed by atoms with Crippen LogP contribution in [0.4, 0.5) is 0 Å². The van der Waals surface area contributed by atoms with Crippen molar-refractivity contribution in [1.82, 2.24) is 9.78 Å². The fourth-order valence-corrected chi connectivity index (χ4v) is 3.24. The summed E-state index contributed by atoms with van der Waals surface area (Å²) >= 11 is 6.22. The molecule has 1 aromatic rings. The maximum absolute atomic E-state index is 10.7. The average molecular weight is 285 g/mol. The molecule has 108 valence electrons.